The van der Waals surface area contributed by atoms with Gasteiger partial charge in [0.15, 0.2) is 6.61 Å². The van der Waals surface area contributed by atoms with Crippen molar-refractivity contribution in [2.24, 2.45) is 0 Å². The third-order valence-corrected chi connectivity index (χ3v) is 4.24. The molecule has 0 radical (unpaired) electrons. The van der Waals surface area contributed by atoms with E-state index in [-0.39, 0.29) is 18.6 Å². The predicted molar refractivity (Wildman–Crippen MR) is 102 cm³/mol. The highest BCUT2D eigenvalue weighted by molar-refractivity contribution is 5.78. The summed E-state index contributed by atoms with van der Waals surface area (Å²) >= 11 is 0. The fraction of sp³-hybridized carbons (Fsp3) is 0.381. The van der Waals surface area contributed by atoms with Crippen LogP contribution in [0.2, 0.25) is 0 Å². The van der Waals surface area contributed by atoms with Crippen LogP contribution in [-0.4, -0.2) is 26.7 Å². The summed E-state index contributed by atoms with van der Waals surface area (Å²) < 4.78 is 16.0. The van der Waals surface area contributed by atoms with Crippen molar-refractivity contribution in [2.75, 3.05) is 20.8 Å². The fourth-order valence-electron chi connectivity index (χ4n) is 2.87. The second-order valence-electron chi connectivity index (χ2n) is 6.23. The van der Waals surface area contributed by atoms with E-state index < -0.39 is 0 Å². The largest absolute Gasteiger partial charge is 0.496 e. The number of hydrogen-bond donors (Lipinski definition) is 1. The van der Waals surface area contributed by atoms with Gasteiger partial charge in [-0.15, -0.1) is 0 Å². The highest BCUT2D eigenvalue weighted by Gasteiger charge is 2.15. The summed E-state index contributed by atoms with van der Waals surface area (Å²) in [5, 5.41) is 3.04. The number of carbonyl (C=O) groups excluding carboxylic acids is 1. The summed E-state index contributed by atoms with van der Waals surface area (Å²) in [4.78, 5) is 12.3. The van der Waals surface area contributed by atoms with E-state index in [0.29, 0.717) is 17.2 Å². The molecule has 140 valence electrons. The Balaban J connectivity index is 2.01. The third kappa shape index (κ3) is 5.15. The maximum Gasteiger partial charge on any atom is 0.258 e. The lowest BCUT2D eigenvalue weighted by Crippen LogP contribution is -2.32. The Morgan fingerprint density at radius 3 is 2.15 bits per heavy atom. The lowest BCUT2D eigenvalue weighted by Gasteiger charge is -2.20. The number of ether oxygens (including phenoxy) is 3. The topological polar surface area (TPSA) is 56.8 Å². The third-order valence-electron chi connectivity index (χ3n) is 4.24. The second-order valence-corrected chi connectivity index (χ2v) is 6.23. The van der Waals surface area contributed by atoms with Crippen molar-refractivity contribution in [3.8, 4) is 17.2 Å². The minimum atomic E-state index is -0.168. The molecular formula is C21H27NO4. The molecule has 0 spiro atoms. The molecule has 0 saturated heterocycles. The monoisotopic (exact) mass is 357 g/mol. The number of hydrogen-bond acceptors (Lipinski definition) is 4. The number of aryl methyl sites for hydroxylation is 2. The Bertz CT molecular complexity index is 735. The normalized spacial score (nSPS) is 11.6. The lowest BCUT2D eigenvalue weighted by molar-refractivity contribution is -0.123. The number of rotatable bonds is 8. The van der Waals surface area contributed by atoms with Crippen molar-refractivity contribution in [1.82, 2.24) is 5.32 Å². The molecule has 1 amide bonds. The van der Waals surface area contributed by atoms with E-state index in [1.807, 2.05) is 0 Å². The van der Waals surface area contributed by atoms with Crippen LogP contribution in [0.1, 0.15) is 36.1 Å². The van der Waals surface area contributed by atoms with Gasteiger partial charge in [0, 0.05) is 18.2 Å². The first-order chi connectivity index (χ1) is 12.5. The van der Waals surface area contributed by atoms with Gasteiger partial charge in [-0.05, 0) is 31.4 Å². The van der Waals surface area contributed by atoms with Crippen LogP contribution in [0.5, 0.6) is 17.2 Å². The number of methoxy groups -OCH3 is 2. The summed E-state index contributed by atoms with van der Waals surface area (Å²) in [5.74, 6) is 1.58. The molecule has 26 heavy (non-hydrogen) atoms. The molecule has 5 nitrogen and oxygen atoms in total. The van der Waals surface area contributed by atoms with Gasteiger partial charge in [-0.3, -0.25) is 4.79 Å². The van der Waals surface area contributed by atoms with Gasteiger partial charge < -0.3 is 19.5 Å². The quantitative estimate of drug-likeness (QED) is 0.777. The predicted octanol–water partition coefficient (Wildman–Crippen LogP) is 3.97. The molecule has 2 aromatic rings. The first-order valence-electron chi connectivity index (χ1n) is 8.69. The molecule has 2 aromatic carbocycles. The highest BCUT2D eigenvalue weighted by Crippen LogP contribution is 2.27. The van der Waals surface area contributed by atoms with Crippen LogP contribution in [0.3, 0.4) is 0 Å². The molecule has 1 unspecified atom stereocenters. The first-order valence-corrected chi connectivity index (χ1v) is 8.69. The molecular weight excluding hydrogens is 330 g/mol. The number of nitrogens with one attached hydrogen (secondary N) is 1. The van der Waals surface area contributed by atoms with Gasteiger partial charge in [-0.25, -0.2) is 0 Å². The standard InChI is InChI=1S/C21H27NO4/c1-6-20(19-8-7-14(2)9-15(19)3)22-21(23)13-26-18-11-16(24-4)10-17(12-18)25-5/h7-12,20H,6,13H2,1-5H3,(H,22,23). The Morgan fingerprint density at radius 2 is 1.62 bits per heavy atom. The zero-order valence-corrected chi connectivity index (χ0v) is 16.1. The summed E-state index contributed by atoms with van der Waals surface area (Å²) in [6.07, 6.45) is 0.808. The molecule has 1 N–H and O–H groups in total. The highest BCUT2D eigenvalue weighted by atomic mass is 16.5. The van der Waals surface area contributed by atoms with E-state index in [1.54, 1.807) is 32.4 Å². The summed E-state index contributed by atoms with van der Waals surface area (Å²) in [6, 6.07) is 11.4. The van der Waals surface area contributed by atoms with Crippen LogP contribution in [0.15, 0.2) is 36.4 Å². The van der Waals surface area contributed by atoms with Crippen LogP contribution in [-0.2, 0) is 4.79 Å². The van der Waals surface area contributed by atoms with Crippen molar-refractivity contribution < 1.29 is 19.0 Å². The zero-order chi connectivity index (χ0) is 19.1. The second kappa shape index (κ2) is 9.13. The lowest BCUT2D eigenvalue weighted by atomic mass is 9.97. The Kier molecular flexibility index (Phi) is 6.89. The van der Waals surface area contributed by atoms with E-state index in [4.69, 9.17) is 14.2 Å². The van der Waals surface area contributed by atoms with Crippen molar-refractivity contribution in [3.05, 3.63) is 53.1 Å². The van der Waals surface area contributed by atoms with E-state index in [2.05, 4.69) is 44.3 Å². The van der Waals surface area contributed by atoms with Crippen LogP contribution in [0.25, 0.3) is 0 Å². The van der Waals surface area contributed by atoms with E-state index >= 15 is 0 Å². The minimum absolute atomic E-state index is 0.0356. The van der Waals surface area contributed by atoms with Gasteiger partial charge >= 0.3 is 0 Å². The van der Waals surface area contributed by atoms with Crippen molar-refractivity contribution in [1.29, 1.82) is 0 Å². The molecule has 0 saturated carbocycles. The van der Waals surface area contributed by atoms with Crippen LogP contribution >= 0.6 is 0 Å². The summed E-state index contributed by atoms with van der Waals surface area (Å²) in [5.41, 5.74) is 3.52. The van der Waals surface area contributed by atoms with Gasteiger partial charge in [0.1, 0.15) is 17.2 Å². The summed E-state index contributed by atoms with van der Waals surface area (Å²) in [7, 11) is 3.14. The first kappa shape index (κ1) is 19.6. The number of carbonyl (C=O) groups is 1. The Morgan fingerprint density at radius 1 is 1.00 bits per heavy atom. The van der Waals surface area contributed by atoms with Gasteiger partial charge in [-0.1, -0.05) is 30.7 Å². The molecule has 0 heterocycles. The van der Waals surface area contributed by atoms with Crippen molar-refractivity contribution >= 4 is 5.91 Å². The maximum atomic E-state index is 12.3. The zero-order valence-electron chi connectivity index (χ0n) is 16.1. The smallest absolute Gasteiger partial charge is 0.258 e. The van der Waals surface area contributed by atoms with Crippen LogP contribution < -0.4 is 19.5 Å². The van der Waals surface area contributed by atoms with Crippen molar-refractivity contribution in [3.63, 3.8) is 0 Å². The van der Waals surface area contributed by atoms with E-state index in [1.165, 1.54) is 11.1 Å². The molecule has 0 aliphatic rings. The van der Waals surface area contributed by atoms with Gasteiger partial charge in [0.25, 0.3) is 5.91 Å². The molecule has 0 aliphatic carbocycles. The molecule has 0 bridgehead atoms. The van der Waals surface area contributed by atoms with Gasteiger partial charge in [0.2, 0.25) is 0 Å². The van der Waals surface area contributed by atoms with Crippen LogP contribution in [0.4, 0.5) is 0 Å². The average molecular weight is 357 g/mol. The number of amides is 1. The van der Waals surface area contributed by atoms with Crippen molar-refractivity contribution in [2.45, 2.75) is 33.2 Å². The van der Waals surface area contributed by atoms with E-state index in [0.717, 1.165) is 12.0 Å². The molecule has 5 heteroatoms. The fourth-order valence-corrected chi connectivity index (χ4v) is 2.87. The minimum Gasteiger partial charge on any atom is -0.496 e. The summed E-state index contributed by atoms with van der Waals surface area (Å²) in [6.45, 7) is 6.11. The number of benzene rings is 2. The van der Waals surface area contributed by atoms with Gasteiger partial charge in [-0.2, -0.15) is 0 Å². The molecule has 0 aliphatic heterocycles. The average Bonchev–Trinajstić information content (AvgIpc) is 2.64. The van der Waals surface area contributed by atoms with E-state index in [9.17, 15) is 4.79 Å². The molecule has 0 aromatic heterocycles. The SMILES string of the molecule is CCC(NC(=O)COc1cc(OC)cc(OC)c1)c1ccc(C)cc1C. The Hall–Kier alpha value is -2.69. The van der Waals surface area contributed by atoms with Crippen LogP contribution in [0, 0.1) is 13.8 Å². The molecule has 1 atom stereocenters. The molecule has 0 fully saturated rings. The maximum absolute atomic E-state index is 12.3. The molecule has 2 rings (SSSR count). The van der Waals surface area contributed by atoms with Gasteiger partial charge in [0.05, 0.1) is 20.3 Å². The Labute approximate surface area is 155 Å².